The van der Waals surface area contributed by atoms with Crippen molar-refractivity contribution in [2.45, 2.75) is 13.2 Å². The minimum absolute atomic E-state index is 0.0938. The molecule has 0 atom stereocenters. The Morgan fingerprint density at radius 3 is 2.75 bits per heavy atom. The number of hydrogen-bond acceptors (Lipinski definition) is 3. The van der Waals surface area contributed by atoms with Crippen molar-refractivity contribution in [3.8, 4) is 5.75 Å². The van der Waals surface area contributed by atoms with Gasteiger partial charge in [-0.3, -0.25) is 0 Å². The van der Waals surface area contributed by atoms with Crippen molar-refractivity contribution < 1.29 is 14.9 Å². The van der Waals surface area contributed by atoms with Crippen LogP contribution >= 0.6 is 0 Å². The van der Waals surface area contributed by atoms with Gasteiger partial charge < -0.3 is 14.9 Å². The lowest BCUT2D eigenvalue weighted by Crippen LogP contribution is -2.15. The smallest absolute Gasteiger partial charge is 0.186 e. The second-order valence-electron chi connectivity index (χ2n) is 2.61. The molecule has 1 rings (SSSR count). The third kappa shape index (κ3) is 2.90. The summed E-state index contributed by atoms with van der Waals surface area (Å²) < 4.78 is 5.05. The van der Waals surface area contributed by atoms with Gasteiger partial charge >= 0.3 is 0 Å². The van der Waals surface area contributed by atoms with E-state index >= 15 is 0 Å². The third-order valence-electron chi connectivity index (χ3n) is 1.39. The molecule has 0 aromatic heterocycles. The van der Waals surface area contributed by atoms with Crippen LogP contribution in [0.1, 0.15) is 5.56 Å². The molecular formula is C9H12O3. The van der Waals surface area contributed by atoms with Crippen molar-refractivity contribution in [2.24, 2.45) is 0 Å². The van der Waals surface area contributed by atoms with Crippen LogP contribution in [-0.4, -0.2) is 23.1 Å². The molecule has 66 valence electrons. The zero-order valence-electron chi connectivity index (χ0n) is 6.90. The summed E-state index contributed by atoms with van der Waals surface area (Å²) in [7, 11) is 0. The molecule has 0 heterocycles. The van der Waals surface area contributed by atoms with Gasteiger partial charge in [0.25, 0.3) is 0 Å². The Morgan fingerprint density at radius 2 is 2.17 bits per heavy atom. The summed E-state index contributed by atoms with van der Waals surface area (Å²) in [4.78, 5) is 0. The molecule has 3 heteroatoms. The van der Waals surface area contributed by atoms with Gasteiger partial charge in [0, 0.05) is 0 Å². The number of ether oxygens (including phenoxy) is 1. The maximum Gasteiger partial charge on any atom is 0.186 e. The zero-order valence-corrected chi connectivity index (χ0v) is 6.90. The zero-order chi connectivity index (χ0) is 8.97. The van der Waals surface area contributed by atoms with E-state index in [1.807, 2.05) is 25.1 Å². The molecule has 0 unspecified atom stereocenters. The molecule has 0 aliphatic carbocycles. The number of benzene rings is 1. The summed E-state index contributed by atoms with van der Waals surface area (Å²) in [6, 6.07) is 7.41. The molecule has 1 aromatic rings. The molecule has 12 heavy (non-hydrogen) atoms. The van der Waals surface area contributed by atoms with E-state index < -0.39 is 6.29 Å². The second-order valence-corrected chi connectivity index (χ2v) is 2.61. The molecular weight excluding hydrogens is 156 g/mol. The van der Waals surface area contributed by atoms with Crippen LogP contribution in [0.5, 0.6) is 5.75 Å². The van der Waals surface area contributed by atoms with Crippen molar-refractivity contribution >= 4 is 0 Å². The SMILES string of the molecule is Cc1cccc(OCC(O)O)c1. The van der Waals surface area contributed by atoms with Crippen molar-refractivity contribution in [1.29, 1.82) is 0 Å². The van der Waals surface area contributed by atoms with E-state index in [0.29, 0.717) is 5.75 Å². The van der Waals surface area contributed by atoms with E-state index in [2.05, 4.69) is 0 Å². The van der Waals surface area contributed by atoms with Crippen molar-refractivity contribution in [1.82, 2.24) is 0 Å². The van der Waals surface area contributed by atoms with Crippen LogP contribution in [0.15, 0.2) is 24.3 Å². The largest absolute Gasteiger partial charge is 0.488 e. The summed E-state index contributed by atoms with van der Waals surface area (Å²) in [6.07, 6.45) is -1.41. The summed E-state index contributed by atoms with van der Waals surface area (Å²) in [5.74, 6) is 0.656. The normalized spacial score (nSPS) is 10.3. The van der Waals surface area contributed by atoms with E-state index in [-0.39, 0.29) is 6.61 Å². The topological polar surface area (TPSA) is 49.7 Å². The molecule has 0 aliphatic rings. The lowest BCUT2D eigenvalue weighted by molar-refractivity contribution is -0.0680. The van der Waals surface area contributed by atoms with Crippen molar-refractivity contribution in [3.63, 3.8) is 0 Å². The number of rotatable bonds is 3. The van der Waals surface area contributed by atoms with Crippen LogP contribution in [0.25, 0.3) is 0 Å². The van der Waals surface area contributed by atoms with Gasteiger partial charge in [-0.15, -0.1) is 0 Å². The van der Waals surface area contributed by atoms with Gasteiger partial charge in [0.1, 0.15) is 12.4 Å². The summed E-state index contributed by atoms with van der Waals surface area (Å²) >= 11 is 0. The summed E-state index contributed by atoms with van der Waals surface area (Å²) in [5.41, 5.74) is 1.08. The highest BCUT2D eigenvalue weighted by Crippen LogP contribution is 2.11. The fraction of sp³-hybridized carbons (Fsp3) is 0.333. The Hall–Kier alpha value is -1.06. The average Bonchev–Trinajstić information content (AvgIpc) is 2.01. The number of aliphatic hydroxyl groups is 2. The van der Waals surface area contributed by atoms with Gasteiger partial charge in [0.15, 0.2) is 6.29 Å². The molecule has 0 amide bonds. The van der Waals surface area contributed by atoms with Gasteiger partial charge in [-0.2, -0.15) is 0 Å². The van der Waals surface area contributed by atoms with Crippen LogP contribution in [0, 0.1) is 6.92 Å². The summed E-state index contributed by atoms with van der Waals surface area (Å²) in [5, 5.41) is 17.0. The molecule has 0 saturated heterocycles. The van der Waals surface area contributed by atoms with Gasteiger partial charge in [-0.05, 0) is 24.6 Å². The first-order chi connectivity index (χ1) is 5.68. The van der Waals surface area contributed by atoms with Gasteiger partial charge in [-0.25, -0.2) is 0 Å². The molecule has 1 aromatic carbocycles. The van der Waals surface area contributed by atoms with Gasteiger partial charge in [0.05, 0.1) is 0 Å². The minimum Gasteiger partial charge on any atom is -0.488 e. The van der Waals surface area contributed by atoms with Crippen molar-refractivity contribution in [2.75, 3.05) is 6.61 Å². The van der Waals surface area contributed by atoms with Gasteiger partial charge in [-0.1, -0.05) is 12.1 Å². The van der Waals surface area contributed by atoms with E-state index in [1.54, 1.807) is 6.07 Å². The maximum atomic E-state index is 8.51. The van der Waals surface area contributed by atoms with E-state index in [0.717, 1.165) is 5.56 Å². The fourth-order valence-electron chi connectivity index (χ4n) is 0.876. The molecule has 0 spiro atoms. The standard InChI is InChI=1S/C9H12O3/c1-7-3-2-4-8(5-7)12-6-9(10)11/h2-5,9-11H,6H2,1H3. The van der Waals surface area contributed by atoms with E-state index in [1.165, 1.54) is 0 Å². The Bertz CT molecular complexity index is 245. The van der Waals surface area contributed by atoms with Crippen LogP contribution in [0.3, 0.4) is 0 Å². The lowest BCUT2D eigenvalue weighted by atomic mass is 10.2. The molecule has 0 aliphatic heterocycles. The van der Waals surface area contributed by atoms with Gasteiger partial charge in [0.2, 0.25) is 0 Å². The molecule has 0 bridgehead atoms. The Labute approximate surface area is 71.2 Å². The maximum absolute atomic E-state index is 8.51. The second kappa shape index (κ2) is 4.09. The van der Waals surface area contributed by atoms with Crippen LogP contribution in [-0.2, 0) is 0 Å². The predicted molar refractivity (Wildman–Crippen MR) is 44.9 cm³/mol. The molecule has 0 radical (unpaired) electrons. The monoisotopic (exact) mass is 168 g/mol. The Balaban J connectivity index is 2.52. The highest BCUT2D eigenvalue weighted by Gasteiger charge is 1.98. The first kappa shape index (κ1) is 9.03. The number of aliphatic hydroxyl groups excluding tert-OH is 1. The van der Waals surface area contributed by atoms with Crippen LogP contribution < -0.4 is 4.74 Å². The molecule has 0 fully saturated rings. The lowest BCUT2D eigenvalue weighted by Gasteiger charge is -2.07. The average molecular weight is 168 g/mol. The minimum atomic E-state index is -1.41. The fourth-order valence-corrected chi connectivity index (χ4v) is 0.876. The quantitative estimate of drug-likeness (QED) is 0.653. The van der Waals surface area contributed by atoms with E-state index in [4.69, 9.17) is 14.9 Å². The first-order valence-corrected chi connectivity index (χ1v) is 3.74. The number of hydrogen-bond donors (Lipinski definition) is 2. The molecule has 0 saturated carbocycles. The van der Waals surface area contributed by atoms with Crippen LogP contribution in [0.4, 0.5) is 0 Å². The highest BCUT2D eigenvalue weighted by atomic mass is 16.5. The Morgan fingerprint density at radius 1 is 1.42 bits per heavy atom. The van der Waals surface area contributed by atoms with Crippen LogP contribution in [0.2, 0.25) is 0 Å². The van der Waals surface area contributed by atoms with Crippen molar-refractivity contribution in [3.05, 3.63) is 29.8 Å². The predicted octanol–water partition coefficient (Wildman–Crippen LogP) is 0.685. The molecule has 2 N–H and O–H groups in total. The first-order valence-electron chi connectivity index (χ1n) is 3.74. The Kier molecular flexibility index (Phi) is 3.08. The van der Waals surface area contributed by atoms with E-state index in [9.17, 15) is 0 Å². The molecule has 3 nitrogen and oxygen atoms in total. The number of aryl methyl sites for hydroxylation is 1. The third-order valence-corrected chi connectivity index (χ3v) is 1.39. The highest BCUT2D eigenvalue weighted by molar-refractivity contribution is 5.27. The summed E-state index contributed by atoms with van der Waals surface area (Å²) in [6.45, 7) is 1.85.